The number of hydrazine groups is 1. The van der Waals surface area contributed by atoms with Crippen molar-refractivity contribution in [2.45, 2.75) is 43.1 Å². The molecular formula is C18H21N7O4S. The number of nitrogens with zero attached hydrogens (tertiary/aromatic N) is 5. The summed E-state index contributed by atoms with van der Waals surface area (Å²) >= 11 is 1.12. The first kappa shape index (κ1) is 20.3. The zero-order chi connectivity index (χ0) is 21.1. The molecule has 1 aromatic carbocycles. The van der Waals surface area contributed by atoms with Gasteiger partial charge in [-0.05, 0) is 35.8 Å². The average Bonchev–Trinajstić information content (AvgIpc) is 3.46. The van der Waals surface area contributed by atoms with Crippen molar-refractivity contribution in [3.8, 4) is 0 Å². The van der Waals surface area contributed by atoms with Crippen LogP contribution in [0.25, 0.3) is 0 Å². The number of hydrogen-bond donors (Lipinski definition) is 2. The van der Waals surface area contributed by atoms with Gasteiger partial charge in [0.25, 0.3) is 5.91 Å². The highest BCUT2D eigenvalue weighted by atomic mass is 32.2. The van der Waals surface area contributed by atoms with Crippen molar-refractivity contribution in [3.63, 3.8) is 0 Å². The molecule has 0 spiro atoms. The van der Waals surface area contributed by atoms with E-state index in [2.05, 4.69) is 26.3 Å². The Kier molecular flexibility index (Phi) is 5.68. The van der Waals surface area contributed by atoms with Gasteiger partial charge in [0.1, 0.15) is 5.54 Å². The second-order valence-corrected chi connectivity index (χ2v) is 8.11. The molecule has 11 nitrogen and oxygen atoms in total. The predicted molar refractivity (Wildman–Crippen MR) is 105 cm³/mol. The fourth-order valence-corrected chi connectivity index (χ4v) is 4.07. The molecule has 2 fully saturated rings. The maximum Gasteiger partial charge on any atom is 0.344 e. The van der Waals surface area contributed by atoms with E-state index in [1.807, 2.05) is 6.07 Å². The highest BCUT2D eigenvalue weighted by Gasteiger charge is 2.49. The quantitative estimate of drug-likeness (QED) is 0.477. The molecule has 2 aliphatic heterocycles. The third-order valence-corrected chi connectivity index (χ3v) is 5.97. The van der Waals surface area contributed by atoms with Crippen molar-refractivity contribution in [3.05, 3.63) is 35.9 Å². The number of hydrogen-bond acceptors (Lipinski definition) is 8. The van der Waals surface area contributed by atoms with Gasteiger partial charge in [0.15, 0.2) is 0 Å². The number of thioether (sulfide) groups is 1. The average molecular weight is 431 g/mol. The van der Waals surface area contributed by atoms with Gasteiger partial charge in [-0.3, -0.25) is 15.0 Å². The second kappa shape index (κ2) is 8.40. The van der Waals surface area contributed by atoms with Gasteiger partial charge in [0.05, 0.1) is 18.4 Å². The highest BCUT2D eigenvalue weighted by molar-refractivity contribution is 7.99. The lowest BCUT2D eigenvalue weighted by atomic mass is 9.92. The predicted octanol–water partition coefficient (Wildman–Crippen LogP) is 0.443. The van der Waals surface area contributed by atoms with Gasteiger partial charge in [-0.2, -0.15) is 5.01 Å². The normalized spacial score (nSPS) is 23.6. The summed E-state index contributed by atoms with van der Waals surface area (Å²) in [6.45, 7) is 2.84. The topological polar surface area (TPSA) is 131 Å². The Morgan fingerprint density at radius 2 is 2.17 bits per heavy atom. The Morgan fingerprint density at radius 1 is 1.37 bits per heavy atom. The van der Waals surface area contributed by atoms with Crippen LogP contribution in [0.2, 0.25) is 0 Å². The lowest BCUT2D eigenvalue weighted by Crippen LogP contribution is -2.48. The van der Waals surface area contributed by atoms with Crippen LogP contribution >= 0.6 is 11.8 Å². The van der Waals surface area contributed by atoms with Crippen LogP contribution in [0.4, 0.5) is 4.79 Å². The standard InChI is InChI=1S/C18H21N7O4S/c1-18(12-6-3-2-4-7-12)15(27)25(16(28)19-18)21-14(26)11-30-17-20-22-23-24(17)10-13-8-5-9-29-13/h2-4,6-7,13H,5,8-11H2,1H3,(H,19,28)(H,21,26). The van der Waals surface area contributed by atoms with Gasteiger partial charge < -0.3 is 10.1 Å². The van der Waals surface area contributed by atoms with Crippen LogP contribution in [0.1, 0.15) is 25.3 Å². The summed E-state index contributed by atoms with van der Waals surface area (Å²) in [5.41, 5.74) is 1.75. The summed E-state index contributed by atoms with van der Waals surface area (Å²) in [6, 6.07) is 8.17. The smallest absolute Gasteiger partial charge is 0.344 e. The Bertz CT molecular complexity index is 947. The molecule has 2 unspecified atom stereocenters. The van der Waals surface area contributed by atoms with Crippen molar-refractivity contribution >= 4 is 29.6 Å². The molecule has 2 atom stereocenters. The molecule has 2 N–H and O–H groups in total. The number of amides is 4. The Labute approximate surface area is 176 Å². The maximum atomic E-state index is 12.8. The molecule has 0 radical (unpaired) electrons. The number of nitrogens with one attached hydrogen (secondary N) is 2. The molecule has 2 aliphatic rings. The summed E-state index contributed by atoms with van der Waals surface area (Å²) in [6.07, 6.45) is 2.01. The number of tetrazole rings is 1. The number of aromatic nitrogens is 4. The molecule has 2 saturated heterocycles. The number of carbonyl (C=O) groups excluding carboxylic acids is 3. The fraction of sp³-hybridized carbons (Fsp3) is 0.444. The molecule has 0 bridgehead atoms. The number of ether oxygens (including phenoxy) is 1. The van der Waals surface area contributed by atoms with E-state index < -0.39 is 23.4 Å². The van der Waals surface area contributed by atoms with E-state index in [0.29, 0.717) is 22.3 Å². The van der Waals surface area contributed by atoms with E-state index in [0.717, 1.165) is 31.2 Å². The van der Waals surface area contributed by atoms with Crippen LogP contribution in [0.5, 0.6) is 0 Å². The van der Waals surface area contributed by atoms with Crippen LogP contribution in [-0.2, 0) is 26.4 Å². The summed E-state index contributed by atoms with van der Waals surface area (Å²) in [7, 11) is 0. The minimum Gasteiger partial charge on any atom is -0.376 e. The number of rotatable bonds is 7. The van der Waals surface area contributed by atoms with E-state index in [4.69, 9.17) is 4.74 Å². The van der Waals surface area contributed by atoms with E-state index in [9.17, 15) is 14.4 Å². The van der Waals surface area contributed by atoms with Crippen molar-refractivity contribution in [1.29, 1.82) is 0 Å². The summed E-state index contributed by atoms with van der Waals surface area (Å²) in [5.74, 6) is -1.14. The molecule has 4 amide bonds. The zero-order valence-electron chi connectivity index (χ0n) is 16.3. The van der Waals surface area contributed by atoms with E-state index in [1.165, 1.54) is 0 Å². The Hall–Kier alpha value is -2.99. The van der Waals surface area contributed by atoms with Gasteiger partial charge >= 0.3 is 6.03 Å². The van der Waals surface area contributed by atoms with Gasteiger partial charge in [-0.1, -0.05) is 42.1 Å². The summed E-state index contributed by atoms with van der Waals surface area (Å²) in [4.78, 5) is 37.5. The van der Waals surface area contributed by atoms with Gasteiger partial charge in [0.2, 0.25) is 11.1 Å². The molecular weight excluding hydrogens is 410 g/mol. The lowest BCUT2D eigenvalue weighted by Gasteiger charge is -2.22. The fourth-order valence-electron chi connectivity index (χ4n) is 3.39. The first-order valence-electron chi connectivity index (χ1n) is 9.49. The van der Waals surface area contributed by atoms with Crippen molar-refractivity contribution in [2.75, 3.05) is 12.4 Å². The Morgan fingerprint density at radius 3 is 2.90 bits per heavy atom. The van der Waals surface area contributed by atoms with E-state index in [1.54, 1.807) is 35.9 Å². The number of imide groups is 1. The minimum atomic E-state index is -1.25. The number of carbonyl (C=O) groups is 3. The number of urea groups is 1. The monoisotopic (exact) mass is 431 g/mol. The molecule has 2 aromatic rings. The third kappa shape index (κ3) is 4.00. The van der Waals surface area contributed by atoms with Crippen molar-refractivity contribution in [1.82, 2.24) is 36.0 Å². The van der Waals surface area contributed by atoms with Gasteiger partial charge in [0, 0.05) is 6.61 Å². The molecule has 3 heterocycles. The molecule has 12 heteroatoms. The van der Waals surface area contributed by atoms with E-state index >= 15 is 0 Å². The molecule has 30 heavy (non-hydrogen) atoms. The third-order valence-electron chi connectivity index (χ3n) is 5.01. The summed E-state index contributed by atoms with van der Waals surface area (Å²) in [5, 5.41) is 15.3. The molecule has 0 aliphatic carbocycles. The van der Waals surface area contributed by atoms with Crippen LogP contribution < -0.4 is 10.7 Å². The first-order chi connectivity index (χ1) is 14.5. The largest absolute Gasteiger partial charge is 0.376 e. The van der Waals surface area contributed by atoms with Crippen LogP contribution in [0.15, 0.2) is 35.5 Å². The van der Waals surface area contributed by atoms with Gasteiger partial charge in [-0.25, -0.2) is 9.48 Å². The van der Waals surface area contributed by atoms with Crippen molar-refractivity contribution in [2.24, 2.45) is 0 Å². The molecule has 4 rings (SSSR count). The zero-order valence-corrected chi connectivity index (χ0v) is 17.1. The minimum absolute atomic E-state index is 0.0586. The number of benzene rings is 1. The van der Waals surface area contributed by atoms with E-state index in [-0.39, 0.29) is 11.9 Å². The Balaban J connectivity index is 1.35. The van der Waals surface area contributed by atoms with Crippen molar-refractivity contribution < 1.29 is 19.1 Å². The van der Waals surface area contributed by atoms with Gasteiger partial charge in [-0.15, -0.1) is 5.10 Å². The molecule has 1 aromatic heterocycles. The summed E-state index contributed by atoms with van der Waals surface area (Å²) < 4.78 is 7.17. The maximum absolute atomic E-state index is 12.8. The SMILES string of the molecule is CC1(c2ccccc2)NC(=O)N(NC(=O)CSc2nnnn2CC2CCCO2)C1=O. The van der Waals surface area contributed by atoms with Crippen LogP contribution in [0, 0.1) is 0 Å². The molecule has 0 saturated carbocycles. The molecule has 158 valence electrons. The lowest BCUT2D eigenvalue weighted by molar-refractivity contribution is -0.138. The first-order valence-corrected chi connectivity index (χ1v) is 10.5. The second-order valence-electron chi connectivity index (χ2n) is 7.16. The van der Waals surface area contributed by atoms with Crippen LogP contribution in [-0.4, -0.2) is 61.5 Å². The van der Waals surface area contributed by atoms with Crippen LogP contribution in [0.3, 0.4) is 0 Å². The highest BCUT2D eigenvalue weighted by Crippen LogP contribution is 2.27.